The second-order valence-corrected chi connectivity index (χ2v) is 7.25. The first-order chi connectivity index (χ1) is 9.16. The zero-order valence-corrected chi connectivity index (χ0v) is 12.3. The number of fused-ring (bicyclic) bond motifs is 1. The number of imidazole rings is 1. The van der Waals surface area contributed by atoms with Crippen molar-refractivity contribution in [2.75, 3.05) is 11.5 Å². The molecule has 19 heavy (non-hydrogen) atoms. The van der Waals surface area contributed by atoms with Crippen LogP contribution in [0.15, 0.2) is 18.5 Å². The van der Waals surface area contributed by atoms with Gasteiger partial charge in [0, 0.05) is 34.5 Å². The fraction of sp³-hybridized carbons (Fsp3) is 0.538. The molecular weight excluding hydrogens is 282 g/mol. The lowest BCUT2D eigenvalue weighted by Gasteiger charge is -2.25. The van der Waals surface area contributed by atoms with Crippen LogP contribution in [0.1, 0.15) is 37.0 Å². The molecule has 1 aliphatic rings. The molecule has 0 radical (unpaired) electrons. The Balaban J connectivity index is 2.09. The van der Waals surface area contributed by atoms with Gasteiger partial charge in [0.05, 0.1) is 17.1 Å². The van der Waals surface area contributed by atoms with Crippen LogP contribution in [0.25, 0.3) is 11.0 Å². The van der Waals surface area contributed by atoms with Crippen molar-refractivity contribution in [3.63, 3.8) is 0 Å². The van der Waals surface area contributed by atoms with Crippen LogP contribution in [0.4, 0.5) is 0 Å². The Kier molecular flexibility index (Phi) is 3.58. The van der Waals surface area contributed by atoms with Crippen LogP contribution in [0.2, 0.25) is 0 Å². The fourth-order valence-electron chi connectivity index (χ4n) is 2.67. The Hall–Kier alpha value is -0.940. The second kappa shape index (κ2) is 5.21. The Morgan fingerprint density at radius 2 is 2.21 bits per heavy atom. The zero-order valence-electron chi connectivity index (χ0n) is 10.8. The summed E-state index contributed by atoms with van der Waals surface area (Å²) in [6.07, 6.45) is 5.41. The van der Waals surface area contributed by atoms with Crippen LogP contribution in [0, 0.1) is 0 Å². The van der Waals surface area contributed by atoms with Crippen molar-refractivity contribution < 1.29 is 4.21 Å². The van der Waals surface area contributed by atoms with E-state index in [0.29, 0.717) is 6.04 Å². The van der Waals surface area contributed by atoms with Gasteiger partial charge in [0.25, 0.3) is 0 Å². The number of halogens is 1. The van der Waals surface area contributed by atoms with Crippen LogP contribution in [0.5, 0.6) is 0 Å². The largest absolute Gasteiger partial charge is 0.323 e. The molecule has 3 heterocycles. The van der Waals surface area contributed by atoms with Gasteiger partial charge in [-0.1, -0.05) is 0 Å². The standard InChI is InChI=1S/C13H16ClN3OS/c1-9(14)13-16-11-8-15-5-2-12(11)17(13)10-3-6-19(18)7-4-10/h2,5,8-10H,3-4,6-7H2,1H3. The molecule has 4 nitrogen and oxygen atoms in total. The highest BCUT2D eigenvalue weighted by Crippen LogP contribution is 2.32. The van der Waals surface area contributed by atoms with Gasteiger partial charge in [-0.3, -0.25) is 9.19 Å². The van der Waals surface area contributed by atoms with E-state index in [1.54, 1.807) is 12.4 Å². The summed E-state index contributed by atoms with van der Waals surface area (Å²) in [5.41, 5.74) is 1.96. The first-order valence-corrected chi connectivity index (χ1v) is 8.40. The van der Waals surface area contributed by atoms with Crippen LogP contribution in [0.3, 0.4) is 0 Å². The van der Waals surface area contributed by atoms with Crippen molar-refractivity contribution in [1.29, 1.82) is 0 Å². The third-order valence-corrected chi connectivity index (χ3v) is 5.17. The summed E-state index contributed by atoms with van der Waals surface area (Å²) in [6, 6.07) is 2.33. The first-order valence-electron chi connectivity index (χ1n) is 6.47. The summed E-state index contributed by atoms with van der Waals surface area (Å²) in [4.78, 5) is 8.72. The topological polar surface area (TPSA) is 47.8 Å². The van der Waals surface area contributed by atoms with Gasteiger partial charge in [0.2, 0.25) is 0 Å². The summed E-state index contributed by atoms with van der Waals surface area (Å²) in [5.74, 6) is 2.43. The van der Waals surface area contributed by atoms with Gasteiger partial charge < -0.3 is 4.57 Å². The third kappa shape index (κ3) is 2.41. The summed E-state index contributed by atoms with van der Waals surface area (Å²) < 4.78 is 13.7. The lowest BCUT2D eigenvalue weighted by Crippen LogP contribution is -2.23. The normalized spacial score (nSPS) is 25.6. The van der Waals surface area contributed by atoms with E-state index in [0.717, 1.165) is 41.2 Å². The van der Waals surface area contributed by atoms with Crippen molar-refractivity contribution in [2.45, 2.75) is 31.2 Å². The third-order valence-electron chi connectivity index (χ3n) is 3.60. The molecule has 0 aromatic carbocycles. The van der Waals surface area contributed by atoms with Crippen LogP contribution in [-0.2, 0) is 10.8 Å². The SMILES string of the molecule is CC(Cl)c1nc2cnccc2n1C1CCS(=O)CC1. The maximum atomic E-state index is 11.5. The lowest BCUT2D eigenvalue weighted by atomic mass is 10.1. The molecule has 0 bridgehead atoms. The molecule has 0 N–H and O–H groups in total. The highest BCUT2D eigenvalue weighted by atomic mass is 35.5. The monoisotopic (exact) mass is 297 g/mol. The molecular formula is C13H16ClN3OS. The van der Waals surface area contributed by atoms with Crippen LogP contribution in [-0.4, -0.2) is 30.2 Å². The molecule has 1 aliphatic heterocycles. The molecule has 0 saturated carbocycles. The molecule has 1 saturated heterocycles. The molecule has 0 spiro atoms. The number of aromatic nitrogens is 3. The summed E-state index contributed by atoms with van der Waals surface area (Å²) in [6.45, 7) is 1.94. The number of hydrogen-bond donors (Lipinski definition) is 0. The predicted molar refractivity (Wildman–Crippen MR) is 77.9 cm³/mol. The average molecular weight is 298 g/mol. The van der Waals surface area contributed by atoms with E-state index in [2.05, 4.69) is 14.5 Å². The van der Waals surface area contributed by atoms with E-state index < -0.39 is 10.8 Å². The van der Waals surface area contributed by atoms with Gasteiger partial charge >= 0.3 is 0 Å². The van der Waals surface area contributed by atoms with Crippen LogP contribution >= 0.6 is 11.6 Å². The number of alkyl halides is 1. The first kappa shape index (κ1) is 13.1. The molecule has 0 aliphatic carbocycles. The second-order valence-electron chi connectivity index (χ2n) is 4.90. The van der Waals surface area contributed by atoms with Crippen molar-refractivity contribution in [3.05, 3.63) is 24.3 Å². The highest BCUT2D eigenvalue weighted by Gasteiger charge is 2.25. The highest BCUT2D eigenvalue weighted by molar-refractivity contribution is 7.85. The lowest BCUT2D eigenvalue weighted by molar-refractivity contribution is 0.457. The Bertz CT molecular complexity index is 615. The Labute approximate surface area is 119 Å². The fourth-order valence-corrected chi connectivity index (χ4v) is 4.10. The zero-order chi connectivity index (χ0) is 13.4. The summed E-state index contributed by atoms with van der Waals surface area (Å²) in [7, 11) is -0.653. The molecule has 6 heteroatoms. The van der Waals surface area contributed by atoms with E-state index in [1.807, 2.05) is 13.0 Å². The molecule has 1 unspecified atom stereocenters. The minimum atomic E-state index is -0.653. The van der Waals surface area contributed by atoms with Gasteiger partial charge in [-0.15, -0.1) is 11.6 Å². The number of nitrogens with zero attached hydrogens (tertiary/aromatic N) is 3. The molecule has 1 atom stereocenters. The predicted octanol–water partition coefficient (Wildman–Crippen LogP) is 2.81. The van der Waals surface area contributed by atoms with Crippen molar-refractivity contribution in [3.8, 4) is 0 Å². The van der Waals surface area contributed by atoms with Crippen molar-refractivity contribution >= 4 is 33.4 Å². The molecule has 102 valence electrons. The molecule has 3 rings (SSSR count). The quantitative estimate of drug-likeness (QED) is 0.801. The molecule has 2 aromatic heterocycles. The number of hydrogen-bond acceptors (Lipinski definition) is 3. The van der Waals surface area contributed by atoms with E-state index in [9.17, 15) is 4.21 Å². The summed E-state index contributed by atoms with van der Waals surface area (Å²) in [5, 5.41) is -0.139. The van der Waals surface area contributed by atoms with E-state index in [4.69, 9.17) is 11.6 Å². The number of pyridine rings is 1. The number of rotatable bonds is 2. The smallest absolute Gasteiger partial charge is 0.128 e. The Morgan fingerprint density at radius 3 is 2.89 bits per heavy atom. The van der Waals surface area contributed by atoms with Crippen LogP contribution < -0.4 is 0 Å². The van der Waals surface area contributed by atoms with Crippen molar-refractivity contribution in [2.24, 2.45) is 0 Å². The molecule has 0 amide bonds. The van der Waals surface area contributed by atoms with Crippen molar-refractivity contribution in [1.82, 2.24) is 14.5 Å². The molecule has 1 fully saturated rings. The Morgan fingerprint density at radius 1 is 1.47 bits per heavy atom. The maximum Gasteiger partial charge on any atom is 0.128 e. The van der Waals surface area contributed by atoms with Gasteiger partial charge in [-0.2, -0.15) is 0 Å². The molecule has 2 aromatic rings. The van der Waals surface area contributed by atoms with E-state index in [1.165, 1.54) is 0 Å². The van der Waals surface area contributed by atoms with E-state index in [-0.39, 0.29) is 5.38 Å². The van der Waals surface area contributed by atoms with Gasteiger partial charge in [-0.25, -0.2) is 4.98 Å². The van der Waals surface area contributed by atoms with E-state index >= 15 is 0 Å². The van der Waals surface area contributed by atoms with Gasteiger partial charge in [0.1, 0.15) is 11.3 Å². The average Bonchev–Trinajstić information content (AvgIpc) is 2.79. The van der Waals surface area contributed by atoms with Gasteiger partial charge in [-0.05, 0) is 25.8 Å². The van der Waals surface area contributed by atoms with Gasteiger partial charge in [0.15, 0.2) is 0 Å². The summed E-state index contributed by atoms with van der Waals surface area (Å²) >= 11 is 6.26. The minimum absolute atomic E-state index is 0.139. The minimum Gasteiger partial charge on any atom is -0.323 e. The maximum absolute atomic E-state index is 11.5.